The van der Waals surface area contributed by atoms with Gasteiger partial charge in [-0.25, -0.2) is 0 Å². The van der Waals surface area contributed by atoms with Crippen LogP contribution in [0.2, 0.25) is 0 Å². The van der Waals surface area contributed by atoms with Crippen molar-refractivity contribution in [2.75, 3.05) is 24.2 Å². The van der Waals surface area contributed by atoms with Crippen LogP contribution in [0.4, 0.5) is 24.5 Å². The first-order valence-electron chi connectivity index (χ1n) is 8.61. The van der Waals surface area contributed by atoms with Gasteiger partial charge in [-0.1, -0.05) is 17.7 Å². The van der Waals surface area contributed by atoms with Crippen molar-refractivity contribution in [3.8, 4) is 0 Å². The highest BCUT2D eigenvalue weighted by Gasteiger charge is 2.30. The fourth-order valence-electron chi connectivity index (χ4n) is 2.39. The smallest absolute Gasteiger partial charge is 0.325 e. The maximum Gasteiger partial charge on any atom is 0.416 e. The van der Waals surface area contributed by atoms with Gasteiger partial charge in [-0.05, 0) is 57.3 Å². The molecule has 0 saturated carbocycles. The van der Waals surface area contributed by atoms with Crippen molar-refractivity contribution in [3.05, 3.63) is 59.7 Å². The zero-order valence-electron chi connectivity index (χ0n) is 15.8. The first-order chi connectivity index (χ1) is 13.1. The van der Waals surface area contributed by atoms with E-state index in [1.165, 1.54) is 12.1 Å². The van der Waals surface area contributed by atoms with E-state index < -0.39 is 23.7 Å². The Morgan fingerprint density at radius 2 is 1.46 bits per heavy atom. The number of halogens is 3. The first kappa shape index (κ1) is 21.4. The van der Waals surface area contributed by atoms with Crippen LogP contribution in [0.25, 0.3) is 0 Å². The molecule has 8 heteroatoms. The van der Waals surface area contributed by atoms with Gasteiger partial charge in [0, 0.05) is 11.4 Å². The molecule has 0 aliphatic carbocycles. The Labute approximate surface area is 161 Å². The van der Waals surface area contributed by atoms with Crippen molar-refractivity contribution in [3.63, 3.8) is 0 Å². The molecule has 1 atom stereocenters. The molecular formula is C20H22F3N3O2. The quantitative estimate of drug-likeness (QED) is 0.782. The van der Waals surface area contributed by atoms with E-state index in [1.807, 2.05) is 19.1 Å². The van der Waals surface area contributed by atoms with E-state index in [4.69, 9.17) is 0 Å². The lowest BCUT2D eigenvalue weighted by molar-refractivity contribution is -0.137. The highest BCUT2D eigenvalue weighted by atomic mass is 19.4. The van der Waals surface area contributed by atoms with Crippen LogP contribution in [-0.2, 0) is 15.8 Å². The molecule has 0 aliphatic rings. The summed E-state index contributed by atoms with van der Waals surface area (Å²) in [6.07, 6.45) is -4.43. The summed E-state index contributed by atoms with van der Waals surface area (Å²) in [5.41, 5.74) is 1.19. The van der Waals surface area contributed by atoms with Crippen molar-refractivity contribution >= 4 is 23.2 Å². The molecule has 150 valence electrons. The topological polar surface area (TPSA) is 61.4 Å². The Morgan fingerprint density at radius 1 is 0.964 bits per heavy atom. The molecule has 2 N–H and O–H groups in total. The Hall–Kier alpha value is -2.87. The number of likely N-dealkylation sites (N-methyl/N-ethyl adjacent to an activating group) is 1. The normalized spacial score (nSPS) is 12.5. The van der Waals surface area contributed by atoms with Crippen molar-refractivity contribution < 1.29 is 22.8 Å². The monoisotopic (exact) mass is 393 g/mol. The number of carbonyl (C=O) groups is 2. The molecule has 5 nitrogen and oxygen atoms in total. The highest BCUT2D eigenvalue weighted by Crippen LogP contribution is 2.29. The molecule has 28 heavy (non-hydrogen) atoms. The predicted molar refractivity (Wildman–Crippen MR) is 102 cm³/mol. The van der Waals surface area contributed by atoms with Gasteiger partial charge >= 0.3 is 6.18 Å². The molecule has 0 bridgehead atoms. The Bertz CT molecular complexity index is 818. The van der Waals surface area contributed by atoms with E-state index in [9.17, 15) is 22.8 Å². The van der Waals surface area contributed by atoms with Crippen LogP contribution in [0, 0.1) is 6.92 Å². The second-order valence-electron chi connectivity index (χ2n) is 6.57. The lowest BCUT2D eigenvalue weighted by Gasteiger charge is -2.23. The maximum absolute atomic E-state index is 12.6. The number of carbonyl (C=O) groups excluding carboxylic acids is 2. The van der Waals surface area contributed by atoms with Gasteiger partial charge in [-0.15, -0.1) is 0 Å². The van der Waals surface area contributed by atoms with Crippen LogP contribution in [-0.4, -0.2) is 36.3 Å². The van der Waals surface area contributed by atoms with Crippen molar-refractivity contribution in [2.24, 2.45) is 0 Å². The fraction of sp³-hybridized carbons (Fsp3) is 0.300. The van der Waals surface area contributed by atoms with Gasteiger partial charge in [0.15, 0.2) is 0 Å². The van der Waals surface area contributed by atoms with Gasteiger partial charge in [0.25, 0.3) is 0 Å². The molecule has 2 rings (SSSR count). The number of hydrogen-bond donors (Lipinski definition) is 2. The minimum Gasteiger partial charge on any atom is -0.325 e. The summed E-state index contributed by atoms with van der Waals surface area (Å²) in [6, 6.07) is 10.8. The number of rotatable bonds is 6. The minimum absolute atomic E-state index is 0.0184. The number of amides is 2. The second-order valence-corrected chi connectivity index (χ2v) is 6.57. The zero-order chi connectivity index (χ0) is 20.9. The lowest BCUT2D eigenvalue weighted by atomic mass is 10.2. The van der Waals surface area contributed by atoms with Crippen LogP contribution in [0.1, 0.15) is 18.1 Å². The summed E-state index contributed by atoms with van der Waals surface area (Å²) < 4.78 is 37.7. The van der Waals surface area contributed by atoms with E-state index in [0.29, 0.717) is 5.69 Å². The molecule has 2 amide bonds. The molecular weight excluding hydrogens is 371 g/mol. The van der Waals surface area contributed by atoms with E-state index >= 15 is 0 Å². The molecule has 1 unspecified atom stereocenters. The summed E-state index contributed by atoms with van der Waals surface area (Å²) in [7, 11) is 1.62. The SMILES string of the molecule is Cc1ccc(NC(=O)CN(C)C(C)C(=O)Nc2ccc(C(F)(F)F)cc2)cc1. The second kappa shape index (κ2) is 8.88. The standard InChI is InChI=1S/C20H22F3N3O2/c1-13-4-8-16(9-5-13)24-18(27)12-26(3)14(2)19(28)25-17-10-6-15(7-11-17)20(21,22)23/h4-11,14H,12H2,1-3H3,(H,24,27)(H,25,28). The molecule has 0 saturated heterocycles. The average molecular weight is 393 g/mol. The Balaban J connectivity index is 1.89. The van der Waals surface area contributed by atoms with Gasteiger partial charge in [0.05, 0.1) is 18.2 Å². The molecule has 0 fully saturated rings. The first-order valence-corrected chi connectivity index (χ1v) is 8.61. The van der Waals surface area contributed by atoms with E-state index in [0.717, 1.165) is 17.7 Å². The van der Waals surface area contributed by atoms with E-state index in [1.54, 1.807) is 31.0 Å². The Morgan fingerprint density at radius 3 is 2.00 bits per heavy atom. The largest absolute Gasteiger partial charge is 0.416 e. The number of nitrogens with one attached hydrogen (secondary N) is 2. The molecule has 0 heterocycles. The molecule has 0 spiro atoms. The maximum atomic E-state index is 12.6. The number of alkyl halides is 3. The Kier molecular flexibility index (Phi) is 6.80. The summed E-state index contributed by atoms with van der Waals surface area (Å²) in [5.74, 6) is -0.703. The van der Waals surface area contributed by atoms with Gasteiger partial charge in [-0.2, -0.15) is 13.2 Å². The molecule has 0 aromatic heterocycles. The van der Waals surface area contributed by atoms with Crippen LogP contribution < -0.4 is 10.6 Å². The molecule has 2 aromatic carbocycles. The summed E-state index contributed by atoms with van der Waals surface area (Å²) in [5, 5.41) is 5.30. The summed E-state index contributed by atoms with van der Waals surface area (Å²) >= 11 is 0. The van der Waals surface area contributed by atoms with Crippen LogP contribution in [0.3, 0.4) is 0 Å². The van der Waals surface area contributed by atoms with Crippen molar-refractivity contribution in [1.29, 1.82) is 0 Å². The highest BCUT2D eigenvalue weighted by molar-refractivity contribution is 5.96. The van der Waals surface area contributed by atoms with Crippen LogP contribution in [0.5, 0.6) is 0 Å². The van der Waals surface area contributed by atoms with Crippen LogP contribution >= 0.6 is 0 Å². The van der Waals surface area contributed by atoms with Gasteiger partial charge in [0.2, 0.25) is 11.8 Å². The van der Waals surface area contributed by atoms with Crippen LogP contribution in [0.15, 0.2) is 48.5 Å². The van der Waals surface area contributed by atoms with Gasteiger partial charge < -0.3 is 10.6 Å². The minimum atomic E-state index is -4.43. The number of anilines is 2. The summed E-state index contributed by atoms with van der Waals surface area (Å²) in [6.45, 7) is 3.53. The third kappa shape index (κ3) is 6.09. The zero-order valence-corrected chi connectivity index (χ0v) is 15.8. The van der Waals surface area contributed by atoms with E-state index in [-0.39, 0.29) is 18.1 Å². The van der Waals surface area contributed by atoms with Gasteiger partial charge in [0.1, 0.15) is 0 Å². The van der Waals surface area contributed by atoms with Crippen molar-refractivity contribution in [2.45, 2.75) is 26.1 Å². The predicted octanol–water partition coefficient (Wildman–Crippen LogP) is 3.91. The van der Waals surface area contributed by atoms with Gasteiger partial charge in [-0.3, -0.25) is 14.5 Å². The molecule has 2 aromatic rings. The number of aryl methyl sites for hydroxylation is 1. The molecule has 0 radical (unpaired) electrons. The third-order valence-corrected chi connectivity index (χ3v) is 4.25. The van der Waals surface area contributed by atoms with Crippen molar-refractivity contribution in [1.82, 2.24) is 4.90 Å². The third-order valence-electron chi connectivity index (χ3n) is 4.25. The molecule has 0 aliphatic heterocycles. The lowest BCUT2D eigenvalue weighted by Crippen LogP contribution is -2.43. The van der Waals surface area contributed by atoms with E-state index in [2.05, 4.69) is 10.6 Å². The number of benzene rings is 2. The average Bonchev–Trinajstić information content (AvgIpc) is 2.62. The summed E-state index contributed by atoms with van der Waals surface area (Å²) in [4.78, 5) is 26.0. The number of hydrogen-bond acceptors (Lipinski definition) is 3. The number of nitrogens with zero attached hydrogens (tertiary/aromatic N) is 1. The fourth-order valence-corrected chi connectivity index (χ4v) is 2.39.